The molecule has 0 heterocycles. The fourth-order valence-corrected chi connectivity index (χ4v) is 1.09. The van der Waals surface area contributed by atoms with E-state index in [9.17, 15) is 4.79 Å². The predicted octanol–water partition coefficient (Wildman–Crippen LogP) is 0.674. The highest BCUT2D eigenvalue weighted by atomic mass is 16.4. The Bertz CT molecular complexity index is 216. The Morgan fingerprint density at radius 2 is 2.14 bits per heavy atom. The van der Waals surface area contributed by atoms with Gasteiger partial charge in [0.15, 0.2) is 5.84 Å². The van der Waals surface area contributed by atoms with E-state index in [-0.39, 0.29) is 17.8 Å². The topological polar surface area (TPSA) is 87.7 Å². The van der Waals surface area contributed by atoms with Crippen LogP contribution < -0.4 is 11.1 Å². The second kappa shape index (κ2) is 6.23. The van der Waals surface area contributed by atoms with Crippen molar-refractivity contribution in [3.05, 3.63) is 0 Å². The molecule has 5 heteroatoms. The number of oxime groups is 1. The molecule has 1 amide bonds. The average molecular weight is 201 g/mol. The van der Waals surface area contributed by atoms with Crippen LogP contribution in [0.2, 0.25) is 0 Å². The summed E-state index contributed by atoms with van der Waals surface area (Å²) in [5, 5.41) is 14.0. The molecule has 14 heavy (non-hydrogen) atoms. The Morgan fingerprint density at radius 3 is 2.57 bits per heavy atom. The summed E-state index contributed by atoms with van der Waals surface area (Å²) in [6, 6.07) is 0.126. The molecule has 2 unspecified atom stereocenters. The van der Waals surface area contributed by atoms with E-state index in [1.807, 2.05) is 6.92 Å². The third kappa shape index (κ3) is 4.11. The van der Waals surface area contributed by atoms with E-state index < -0.39 is 5.92 Å². The van der Waals surface area contributed by atoms with Crippen LogP contribution in [0.4, 0.5) is 0 Å². The summed E-state index contributed by atoms with van der Waals surface area (Å²) in [4.78, 5) is 11.4. The van der Waals surface area contributed by atoms with Crippen molar-refractivity contribution in [2.24, 2.45) is 16.8 Å². The number of carbonyl (C=O) groups excluding carboxylic acids is 1. The van der Waals surface area contributed by atoms with Crippen LogP contribution in [0.5, 0.6) is 0 Å². The Hall–Kier alpha value is -1.26. The largest absolute Gasteiger partial charge is 0.409 e. The van der Waals surface area contributed by atoms with Gasteiger partial charge < -0.3 is 16.3 Å². The van der Waals surface area contributed by atoms with Gasteiger partial charge in [-0.05, 0) is 20.3 Å². The molecule has 0 aliphatic carbocycles. The summed E-state index contributed by atoms with van der Waals surface area (Å²) in [6.07, 6.45) is 1.94. The number of nitrogens with zero attached hydrogens (tertiary/aromatic N) is 1. The van der Waals surface area contributed by atoms with E-state index in [1.54, 1.807) is 6.92 Å². The second-order valence-corrected chi connectivity index (χ2v) is 3.44. The third-order valence-corrected chi connectivity index (χ3v) is 2.06. The van der Waals surface area contributed by atoms with E-state index in [0.29, 0.717) is 0 Å². The summed E-state index contributed by atoms with van der Waals surface area (Å²) in [5.74, 6) is -0.855. The maximum Gasteiger partial charge on any atom is 0.230 e. The van der Waals surface area contributed by atoms with Crippen molar-refractivity contribution in [3.8, 4) is 0 Å². The van der Waals surface area contributed by atoms with Gasteiger partial charge in [-0.2, -0.15) is 0 Å². The van der Waals surface area contributed by atoms with Gasteiger partial charge in [0, 0.05) is 6.04 Å². The lowest BCUT2D eigenvalue weighted by atomic mass is 10.1. The molecule has 0 bridgehead atoms. The Balaban J connectivity index is 4.08. The molecule has 0 aromatic carbocycles. The molecular weight excluding hydrogens is 182 g/mol. The standard InChI is InChI=1S/C9H19N3O2/c1-4-5-6(2)11-9(13)7(3)8(10)12-14/h6-7,14H,4-5H2,1-3H3,(H2,10,12)(H,11,13). The number of rotatable bonds is 5. The van der Waals surface area contributed by atoms with Gasteiger partial charge in [-0.15, -0.1) is 0 Å². The van der Waals surface area contributed by atoms with Crippen molar-refractivity contribution < 1.29 is 10.0 Å². The Kier molecular flexibility index (Phi) is 5.67. The lowest BCUT2D eigenvalue weighted by molar-refractivity contribution is -0.123. The third-order valence-electron chi connectivity index (χ3n) is 2.06. The van der Waals surface area contributed by atoms with Gasteiger partial charge >= 0.3 is 0 Å². The first-order chi connectivity index (χ1) is 6.52. The number of nitrogens with one attached hydrogen (secondary N) is 1. The number of carbonyl (C=O) groups is 1. The predicted molar refractivity (Wildman–Crippen MR) is 55.1 cm³/mol. The van der Waals surface area contributed by atoms with Gasteiger partial charge in [-0.25, -0.2) is 0 Å². The summed E-state index contributed by atoms with van der Waals surface area (Å²) < 4.78 is 0. The van der Waals surface area contributed by atoms with Crippen molar-refractivity contribution >= 4 is 11.7 Å². The lowest BCUT2D eigenvalue weighted by Gasteiger charge is -2.15. The summed E-state index contributed by atoms with van der Waals surface area (Å²) in [6.45, 7) is 5.58. The van der Waals surface area contributed by atoms with Crippen LogP contribution in [0.15, 0.2) is 5.16 Å². The van der Waals surface area contributed by atoms with Crippen LogP contribution in [-0.4, -0.2) is 23.0 Å². The first-order valence-electron chi connectivity index (χ1n) is 4.80. The summed E-state index contributed by atoms with van der Waals surface area (Å²) >= 11 is 0. The van der Waals surface area contributed by atoms with E-state index in [4.69, 9.17) is 10.9 Å². The van der Waals surface area contributed by atoms with Crippen LogP contribution in [0, 0.1) is 5.92 Å². The van der Waals surface area contributed by atoms with Gasteiger partial charge in [0.2, 0.25) is 5.91 Å². The molecule has 5 nitrogen and oxygen atoms in total. The number of nitrogens with two attached hydrogens (primary N) is 1. The van der Waals surface area contributed by atoms with Crippen LogP contribution in [0.25, 0.3) is 0 Å². The smallest absolute Gasteiger partial charge is 0.230 e. The zero-order valence-corrected chi connectivity index (χ0v) is 8.95. The van der Waals surface area contributed by atoms with Crippen LogP contribution >= 0.6 is 0 Å². The molecular formula is C9H19N3O2. The maximum atomic E-state index is 11.4. The molecule has 0 aliphatic heterocycles. The van der Waals surface area contributed by atoms with Gasteiger partial charge in [0.1, 0.15) is 0 Å². The molecule has 0 rings (SSSR count). The van der Waals surface area contributed by atoms with Crippen LogP contribution in [0.3, 0.4) is 0 Å². The van der Waals surface area contributed by atoms with E-state index in [1.165, 1.54) is 0 Å². The molecule has 0 saturated carbocycles. The zero-order valence-electron chi connectivity index (χ0n) is 8.95. The fraction of sp³-hybridized carbons (Fsp3) is 0.778. The quantitative estimate of drug-likeness (QED) is 0.264. The minimum Gasteiger partial charge on any atom is -0.409 e. The molecule has 4 N–H and O–H groups in total. The number of amidine groups is 1. The van der Waals surface area contributed by atoms with Crippen LogP contribution in [0.1, 0.15) is 33.6 Å². The van der Waals surface area contributed by atoms with E-state index >= 15 is 0 Å². The van der Waals surface area contributed by atoms with Gasteiger partial charge in [-0.1, -0.05) is 18.5 Å². The summed E-state index contributed by atoms with van der Waals surface area (Å²) in [5.41, 5.74) is 5.31. The lowest BCUT2D eigenvalue weighted by Crippen LogP contribution is -2.41. The first kappa shape index (κ1) is 12.7. The normalized spacial score (nSPS) is 16.1. The summed E-state index contributed by atoms with van der Waals surface area (Å²) in [7, 11) is 0. The molecule has 0 spiro atoms. The van der Waals surface area contributed by atoms with E-state index in [0.717, 1.165) is 12.8 Å². The minimum atomic E-state index is -0.584. The minimum absolute atomic E-state index is 0.0637. The Morgan fingerprint density at radius 1 is 1.57 bits per heavy atom. The second-order valence-electron chi connectivity index (χ2n) is 3.44. The highest BCUT2D eigenvalue weighted by Crippen LogP contribution is 1.99. The van der Waals surface area contributed by atoms with Crippen molar-refractivity contribution in [2.75, 3.05) is 0 Å². The van der Waals surface area contributed by atoms with Crippen molar-refractivity contribution in [2.45, 2.75) is 39.7 Å². The monoisotopic (exact) mass is 201 g/mol. The highest BCUT2D eigenvalue weighted by Gasteiger charge is 2.18. The number of hydrogen-bond acceptors (Lipinski definition) is 3. The molecule has 82 valence electrons. The van der Waals surface area contributed by atoms with Crippen LogP contribution in [-0.2, 0) is 4.79 Å². The number of hydrogen-bond donors (Lipinski definition) is 3. The van der Waals surface area contributed by atoms with Crippen molar-refractivity contribution in [1.82, 2.24) is 5.32 Å². The van der Waals surface area contributed by atoms with Gasteiger partial charge in [0.25, 0.3) is 0 Å². The van der Waals surface area contributed by atoms with Crippen molar-refractivity contribution in [3.63, 3.8) is 0 Å². The average Bonchev–Trinajstić information content (AvgIpc) is 2.15. The molecule has 0 aromatic rings. The molecule has 0 aliphatic rings. The molecule has 0 radical (unpaired) electrons. The zero-order chi connectivity index (χ0) is 11.1. The van der Waals surface area contributed by atoms with Gasteiger partial charge in [0.05, 0.1) is 5.92 Å². The SMILES string of the molecule is CCCC(C)NC(=O)C(C)C(N)=NO. The first-order valence-corrected chi connectivity index (χ1v) is 4.80. The molecule has 0 fully saturated rings. The highest BCUT2D eigenvalue weighted by molar-refractivity contribution is 6.01. The molecule has 0 aromatic heterocycles. The van der Waals surface area contributed by atoms with Gasteiger partial charge in [-0.3, -0.25) is 4.79 Å². The molecule has 0 saturated heterocycles. The maximum absolute atomic E-state index is 11.4. The number of amides is 1. The molecule has 2 atom stereocenters. The fourth-order valence-electron chi connectivity index (χ4n) is 1.09. The van der Waals surface area contributed by atoms with E-state index in [2.05, 4.69) is 17.4 Å². The van der Waals surface area contributed by atoms with Crippen molar-refractivity contribution in [1.29, 1.82) is 0 Å². The Labute approximate surface area is 84.4 Å².